The molecule has 0 fully saturated rings. The number of fused-ring (bicyclic) bond motifs is 1. The van der Waals surface area contributed by atoms with Crippen LogP contribution in [0, 0.1) is 0 Å². The van der Waals surface area contributed by atoms with Gasteiger partial charge in [0, 0.05) is 24.8 Å². The molecule has 0 aliphatic carbocycles. The summed E-state index contributed by atoms with van der Waals surface area (Å²) < 4.78 is 0. The van der Waals surface area contributed by atoms with Gasteiger partial charge in [0.2, 0.25) is 0 Å². The van der Waals surface area contributed by atoms with Crippen molar-refractivity contribution in [2.24, 2.45) is 0 Å². The Morgan fingerprint density at radius 1 is 1.38 bits per heavy atom. The number of hydrogen-bond donors (Lipinski definition) is 3. The average molecular weight is 218 g/mol. The van der Waals surface area contributed by atoms with E-state index in [0.717, 1.165) is 13.0 Å². The van der Waals surface area contributed by atoms with Crippen LogP contribution >= 0.6 is 0 Å². The summed E-state index contributed by atoms with van der Waals surface area (Å²) in [7, 11) is 0. The van der Waals surface area contributed by atoms with Gasteiger partial charge in [0.15, 0.2) is 0 Å². The largest absolute Gasteiger partial charge is 0.392 e. The summed E-state index contributed by atoms with van der Waals surface area (Å²) in [5.74, 6) is 0. The van der Waals surface area contributed by atoms with Crippen LogP contribution in [0.3, 0.4) is 0 Å². The van der Waals surface area contributed by atoms with Crippen LogP contribution in [-0.2, 0) is 6.54 Å². The minimum absolute atomic E-state index is 0.247. The molecule has 0 aliphatic heterocycles. The summed E-state index contributed by atoms with van der Waals surface area (Å²) in [6.45, 7) is 3.42. The second-order valence-electron chi connectivity index (χ2n) is 4.05. The van der Waals surface area contributed by atoms with Crippen LogP contribution in [0.2, 0.25) is 0 Å². The standard InChI is InChI=1S/C13H18N2O/c1-2-12(16)9-14-8-11-5-3-4-10-6-7-15-13(10)11/h3-7,12,14-16H,2,8-9H2,1H3. The fraction of sp³-hybridized carbons (Fsp3) is 0.385. The second kappa shape index (κ2) is 5.14. The van der Waals surface area contributed by atoms with Crippen molar-refractivity contribution in [1.29, 1.82) is 0 Å². The molecule has 0 saturated heterocycles. The molecule has 1 aromatic heterocycles. The van der Waals surface area contributed by atoms with E-state index in [4.69, 9.17) is 0 Å². The monoisotopic (exact) mass is 218 g/mol. The predicted octanol–water partition coefficient (Wildman–Crippen LogP) is 2.03. The van der Waals surface area contributed by atoms with E-state index in [0.29, 0.717) is 6.54 Å². The molecule has 3 N–H and O–H groups in total. The van der Waals surface area contributed by atoms with Gasteiger partial charge in [-0.1, -0.05) is 25.1 Å². The summed E-state index contributed by atoms with van der Waals surface area (Å²) in [4.78, 5) is 3.24. The van der Waals surface area contributed by atoms with Crippen LogP contribution in [0.15, 0.2) is 30.5 Å². The number of H-pyrrole nitrogens is 1. The summed E-state index contributed by atoms with van der Waals surface area (Å²) in [6, 6.07) is 8.32. The molecule has 1 unspecified atom stereocenters. The highest BCUT2D eigenvalue weighted by Gasteiger charge is 2.03. The van der Waals surface area contributed by atoms with Gasteiger partial charge >= 0.3 is 0 Å². The number of benzene rings is 1. The van der Waals surface area contributed by atoms with Crippen molar-refractivity contribution in [2.75, 3.05) is 6.54 Å². The SMILES string of the molecule is CCC(O)CNCc1cccc2cc[nH]c12. The summed E-state index contributed by atoms with van der Waals surface area (Å²) in [5.41, 5.74) is 2.42. The Kier molecular flexibility index (Phi) is 3.59. The van der Waals surface area contributed by atoms with E-state index in [1.807, 2.05) is 13.1 Å². The fourth-order valence-corrected chi connectivity index (χ4v) is 1.81. The topological polar surface area (TPSA) is 48.0 Å². The third-order valence-corrected chi connectivity index (χ3v) is 2.84. The second-order valence-corrected chi connectivity index (χ2v) is 4.05. The smallest absolute Gasteiger partial charge is 0.0662 e. The van der Waals surface area contributed by atoms with Crippen LogP contribution in [-0.4, -0.2) is 22.7 Å². The maximum absolute atomic E-state index is 9.44. The molecule has 86 valence electrons. The Balaban J connectivity index is 2.01. The van der Waals surface area contributed by atoms with Crippen molar-refractivity contribution < 1.29 is 5.11 Å². The van der Waals surface area contributed by atoms with Gasteiger partial charge in [-0.2, -0.15) is 0 Å². The van der Waals surface area contributed by atoms with Gasteiger partial charge in [-0.05, 0) is 23.4 Å². The van der Waals surface area contributed by atoms with E-state index < -0.39 is 0 Å². The van der Waals surface area contributed by atoms with Gasteiger partial charge < -0.3 is 15.4 Å². The van der Waals surface area contributed by atoms with Crippen molar-refractivity contribution in [3.8, 4) is 0 Å². The number of aromatic amines is 1. The van der Waals surface area contributed by atoms with Gasteiger partial charge in [0.25, 0.3) is 0 Å². The van der Waals surface area contributed by atoms with E-state index in [-0.39, 0.29) is 6.10 Å². The third kappa shape index (κ3) is 2.43. The predicted molar refractivity (Wildman–Crippen MR) is 66.3 cm³/mol. The van der Waals surface area contributed by atoms with E-state index in [1.54, 1.807) is 0 Å². The lowest BCUT2D eigenvalue weighted by Crippen LogP contribution is -2.25. The first-order chi connectivity index (χ1) is 7.81. The summed E-state index contributed by atoms with van der Waals surface area (Å²) >= 11 is 0. The molecule has 0 aliphatic rings. The zero-order valence-electron chi connectivity index (χ0n) is 9.53. The summed E-state index contributed by atoms with van der Waals surface area (Å²) in [6.07, 6.45) is 2.50. The molecular weight excluding hydrogens is 200 g/mol. The average Bonchev–Trinajstić information content (AvgIpc) is 2.77. The molecule has 2 rings (SSSR count). The van der Waals surface area contributed by atoms with Gasteiger partial charge in [-0.3, -0.25) is 0 Å². The molecular formula is C13H18N2O. The maximum Gasteiger partial charge on any atom is 0.0662 e. The van der Waals surface area contributed by atoms with Crippen LogP contribution in [0.4, 0.5) is 0 Å². The van der Waals surface area contributed by atoms with E-state index in [1.165, 1.54) is 16.5 Å². The minimum Gasteiger partial charge on any atom is -0.392 e. The Morgan fingerprint density at radius 2 is 2.25 bits per heavy atom. The molecule has 3 nitrogen and oxygen atoms in total. The molecule has 0 radical (unpaired) electrons. The molecule has 0 amide bonds. The Bertz CT molecular complexity index is 450. The van der Waals surface area contributed by atoms with E-state index in [9.17, 15) is 5.11 Å². The number of aliphatic hydroxyl groups excluding tert-OH is 1. The number of aliphatic hydroxyl groups is 1. The van der Waals surface area contributed by atoms with Gasteiger partial charge in [-0.25, -0.2) is 0 Å². The molecule has 1 atom stereocenters. The third-order valence-electron chi connectivity index (χ3n) is 2.84. The van der Waals surface area contributed by atoms with Crippen LogP contribution in [0.5, 0.6) is 0 Å². The van der Waals surface area contributed by atoms with Gasteiger partial charge in [-0.15, -0.1) is 0 Å². The zero-order chi connectivity index (χ0) is 11.4. The molecule has 16 heavy (non-hydrogen) atoms. The number of rotatable bonds is 5. The Morgan fingerprint density at radius 3 is 3.06 bits per heavy atom. The lowest BCUT2D eigenvalue weighted by molar-refractivity contribution is 0.167. The first-order valence-electron chi connectivity index (χ1n) is 5.75. The highest BCUT2D eigenvalue weighted by molar-refractivity contribution is 5.82. The number of aromatic nitrogens is 1. The van der Waals surface area contributed by atoms with Crippen molar-refractivity contribution in [1.82, 2.24) is 10.3 Å². The minimum atomic E-state index is -0.247. The number of nitrogens with one attached hydrogen (secondary N) is 2. The molecule has 0 bridgehead atoms. The van der Waals surface area contributed by atoms with Crippen LogP contribution < -0.4 is 5.32 Å². The number of hydrogen-bond acceptors (Lipinski definition) is 2. The molecule has 1 aromatic carbocycles. The molecule has 0 saturated carbocycles. The number of para-hydroxylation sites is 1. The van der Waals surface area contributed by atoms with Crippen molar-refractivity contribution in [3.05, 3.63) is 36.0 Å². The summed E-state index contributed by atoms with van der Waals surface area (Å²) in [5, 5.41) is 13.9. The van der Waals surface area contributed by atoms with Gasteiger partial charge in [0.1, 0.15) is 0 Å². The highest BCUT2D eigenvalue weighted by atomic mass is 16.3. The molecule has 0 spiro atoms. The van der Waals surface area contributed by atoms with E-state index >= 15 is 0 Å². The van der Waals surface area contributed by atoms with Crippen molar-refractivity contribution in [3.63, 3.8) is 0 Å². The molecule has 2 aromatic rings. The lowest BCUT2D eigenvalue weighted by atomic mass is 10.1. The first-order valence-corrected chi connectivity index (χ1v) is 5.75. The maximum atomic E-state index is 9.44. The van der Waals surface area contributed by atoms with Crippen molar-refractivity contribution >= 4 is 10.9 Å². The zero-order valence-corrected chi connectivity index (χ0v) is 9.53. The van der Waals surface area contributed by atoms with E-state index in [2.05, 4.69) is 34.6 Å². The van der Waals surface area contributed by atoms with Crippen molar-refractivity contribution in [2.45, 2.75) is 26.0 Å². The Hall–Kier alpha value is -1.32. The first kappa shape index (κ1) is 11.2. The molecule has 1 heterocycles. The van der Waals surface area contributed by atoms with Gasteiger partial charge in [0.05, 0.1) is 6.10 Å². The van der Waals surface area contributed by atoms with Crippen LogP contribution in [0.25, 0.3) is 10.9 Å². The highest BCUT2D eigenvalue weighted by Crippen LogP contribution is 2.16. The molecule has 3 heteroatoms. The normalized spacial score (nSPS) is 13.1. The van der Waals surface area contributed by atoms with Crippen LogP contribution in [0.1, 0.15) is 18.9 Å². The lowest BCUT2D eigenvalue weighted by Gasteiger charge is -2.09. The Labute approximate surface area is 95.5 Å². The fourth-order valence-electron chi connectivity index (χ4n) is 1.81. The quantitative estimate of drug-likeness (QED) is 0.719.